The zero-order chi connectivity index (χ0) is 16.1. The van der Waals surface area contributed by atoms with Crippen LogP contribution in [-0.2, 0) is 6.54 Å². The summed E-state index contributed by atoms with van der Waals surface area (Å²) >= 11 is 0. The first-order valence-corrected chi connectivity index (χ1v) is 7.78. The molecule has 2 aromatic rings. The van der Waals surface area contributed by atoms with Gasteiger partial charge in [0.25, 0.3) is 0 Å². The Morgan fingerprint density at radius 1 is 1.43 bits per heavy atom. The number of carbonyl (C=O) groups excluding carboxylic acids is 1. The first kappa shape index (κ1) is 15.3. The van der Waals surface area contributed by atoms with Gasteiger partial charge in [0.15, 0.2) is 0 Å². The quantitative estimate of drug-likeness (QED) is 0.932. The average Bonchev–Trinajstić information content (AvgIpc) is 3.09. The van der Waals surface area contributed by atoms with Crippen LogP contribution >= 0.6 is 0 Å². The van der Waals surface area contributed by atoms with E-state index < -0.39 is 0 Å². The molecule has 7 nitrogen and oxygen atoms in total. The SMILES string of the molecule is CN(Cc1ccco1)C(=O)N[C@@H]1CCCN(c2ncccn2)C1. The molecule has 7 heteroatoms. The Balaban J connectivity index is 1.54. The maximum atomic E-state index is 12.3. The Labute approximate surface area is 135 Å². The lowest BCUT2D eigenvalue weighted by molar-refractivity contribution is 0.197. The molecule has 1 saturated heterocycles. The van der Waals surface area contributed by atoms with E-state index in [0.29, 0.717) is 6.54 Å². The second kappa shape index (κ2) is 7.13. The van der Waals surface area contributed by atoms with Crippen LogP contribution in [0.1, 0.15) is 18.6 Å². The molecule has 0 aromatic carbocycles. The summed E-state index contributed by atoms with van der Waals surface area (Å²) in [5, 5.41) is 3.08. The van der Waals surface area contributed by atoms with E-state index in [4.69, 9.17) is 4.42 Å². The van der Waals surface area contributed by atoms with Crippen molar-refractivity contribution in [1.29, 1.82) is 0 Å². The Morgan fingerprint density at radius 3 is 3.00 bits per heavy atom. The number of carbonyl (C=O) groups is 1. The van der Waals surface area contributed by atoms with Gasteiger partial charge in [-0.1, -0.05) is 0 Å². The number of nitrogens with zero attached hydrogens (tertiary/aromatic N) is 4. The lowest BCUT2D eigenvalue weighted by Crippen LogP contribution is -2.51. The van der Waals surface area contributed by atoms with E-state index in [1.54, 1.807) is 36.7 Å². The number of furan rings is 1. The van der Waals surface area contributed by atoms with Gasteiger partial charge in [-0.15, -0.1) is 0 Å². The van der Waals surface area contributed by atoms with Crippen LogP contribution < -0.4 is 10.2 Å². The van der Waals surface area contributed by atoms with Crippen LogP contribution in [0.4, 0.5) is 10.7 Å². The fourth-order valence-corrected chi connectivity index (χ4v) is 2.72. The third-order valence-corrected chi connectivity index (χ3v) is 3.90. The van der Waals surface area contributed by atoms with Gasteiger partial charge in [0.05, 0.1) is 12.8 Å². The summed E-state index contributed by atoms with van der Waals surface area (Å²) in [5.41, 5.74) is 0. The van der Waals surface area contributed by atoms with Crippen molar-refractivity contribution < 1.29 is 9.21 Å². The standard InChI is InChI=1S/C16H21N5O2/c1-20(12-14-6-3-10-23-14)16(22)19-13-5-2-9-21(11-13)15-17-7-4-8-18-15/h3-4,6-8,10,13H,2,5,9,11-12H2,1H3,(H,19,22)/t13-/m1/s1. The van der Waals surface area contributed by atoms with Gasteiger partial charge in [-0.2, -0.15) is 0 Å². The van der Waals surface area contributed by atoms with Gasteiger partial charge in [-0.25, -0.2) is 14.8 Å². The third-order valence-electron chi connectivity index (χ3n) is 3.90. The fraction of sp³-hybridized carbons (Fsp3) is 0.438. The normalized spacial score (nSPS) is 17.8. The molecule has 3 rings (SSSR count). The summed E-state index contributed by atoms with van der Waals surface area (Å²) < 4.78 is 5.27. The van der Waals surface area contributed by atoms with Gasteiger partial charge >= 0.3 is 6.03 Å². The summed E-state index contributed by atoms with van der Waals surface area (Å²) in [4.78, 5) is 24.6. The van der Waals surface area contributed by atoms with Crippen LogP contribution in [0, 0.1) is 0 Å². The predicted molar refractivity (Wildman–Crippen MR) is 86.0 cm³/mol. The van der Waals surface area contributed by atoms with Crippen molar-refractivity contribution in [2.24, 2.45) is 0 Å². The number of urea groups is 1. The summed E-state index contributed by atoms with van der Waals surface area (Å²) in [7, 11) is 1.76. The lowest BCUT2D eigenvalue weighted by Gasteiger charge is -2.33. The first-order chi connectivity index (χ1) is 11.2. The topological polar surface area (TPSA) is 74.5 Å². The Bertz CT molecular complexity index is 617. The van der Waals surface area contributed by atoms with Crippen molar-refractivity contribution in [2.45, 2.75) is 25.4 Å². The molecule has 1 N–H and O–H groups in total. The summed E-state index contributed by atoms with van der Waals surface area (Å²) in [6.07, 6.45) is 7.05. The van der Waals surface area contributed by atoms with Crippen LogP contribution in [-0.4, -0.2) is 47.1 Å². The fourth-order valence-electron chi connectivity index (χ4n) is 2.72. The van der Waals surface area contributed by atoms with Crippen molar-refractivity contribution in [1.82, 2.24) is 20.2 Å². The highest BCUT2D eigenvalue weighted by Crippen LogP contribution is 2.15. The minimum atomic E-state index is -0.0952. The molecule has 0 aliphatic carbocycles. The number of amides is 2. The van der Waals surface area contributed by atoms with E-state index in [2.05, 4.69) is 20.2 Å². The van der Waals surface area contributed by atoms with Gasteiger partial charge in [-0.05, 0) is 31.0 Å². The lowest BCUT2D eigenvalue weighted by atomic mass is 10.1. The van der Waals surface area contributed by atoms with Crippen LogP contribution in [0.2, 0.25) is 0 Å². The molecular formula is C16H21N5O2. The highest BCUT2D eigenvalue weighted by molar-refractivity contribution is 5.74. The minimum Gasteiger partial charge on any atom is -0.467 e. The average molecular weight is 315 g/mol. The molecule has 122 valence electrons. The van der Waals surface area contributed by atoms with Crippen molar-refractivity contribution in [2.75, 3.05) is 25.0 Å². The molecule has 1 fully saturated rings. The van der Waals surface area contributed by atoms with Gasteiger partial charge in [-0.3, -0.25) is 0 Å². The monoisotopic (exact) mass is 315 g/mol. The number of hydrogen-bond donors (Lipinski definition) is 1. The van der Waals surface area contributed by atoms with Crippen LogP contribution in [0.15, 0.2) is 41.3 Å². The number of piperidine rings is 1. The van der Waals surface area contributed by atoms with Crippen molar-refractivity contribution in [3.05, 3.63) is 42.6 Å². The summed E-state index contributed by atoms with van der Waals surface area (Å²) in [6.45, 7) is 2.10. The Morgan fingerprint density at radius 2 is 2.26 bits per heavy atom. The molecule has 1 aliphatic heterocycles. The maximum absolute atomic E-state index is 12.3. The van der Waals surface area contributed by atoms with Crippen LogP contribution in [0.25, 0.3) is 0 Å². The summed E-state index contributed by atoms with van der Waals surface area (Å²) in [5.74, 6) is 1.49. The minimum absolute atomic E-state index is 0.0952. The highest BCUT2D eigenvalue weighted by atomic mass is 16.3. The summed E-state index contributed by atoms with van der Waals surface area (Å²) in [6, 6.07) is 5.48. The van der Waals surface area contributed by atoms with E-state index in [0.717, 1.165) is 37.6 Å². The second-order valence-electron chi connectivity index (χ2n) is 5.72. The molecule has 23 heavy (non-hydrogen) atoms. The molecule has 0 radical (unpaired) electrons. The maximum Gasteiger partial charge on any atom is 0.317 e. The smallest absolute Gasteiger partial charge is 0.317 e. The molecule has 2 amide bonds. The molecule has 1 aliphatic rings. The van der Waals surface area contributed by atoms with E-state index in [1.807, 2.05) is 12.1 Å². The van der Waals surface area contributed by atoms with E-state index in [-0.39, 0.29) is 12.1 Å². The number of rotatable bonds is 4. The van der Waals surface area contributed by atoms with E-state index >= 15 is 0 Å². The Kier molecular flexibility index (Phi) is 4.75. The zero-order valence-electron chi connectivity index (χ0n) is 13.2. The molecule has 1 atom stereocenters. The molecule has 0 saturated carbocycles. The molecule has 0 unspecified atom stereocenters. The first-order valence-electron chi connectivity index (χ1n) is 7.78. The molecule has 0 bridgehead atoms. The van der Waals surface area contributed by atoms with Gasteiger partial charge < -0.3 is 19.5 Å². The Hall–Kier alpha value is -2.57. The molecule has 3 heterocycles. The molecule has 0 spiro atoms. The van der Waals surface area contributed by atoms with E-state index in [9.17, 15) is 4.79 Å². The van der Waals surface area contributed by atoms with Crippen molar-refractivity contribution in [3.63, 3.8) is 0 Å². The third kappa shape index (κ3) is 4.00. The van der Waals surface area contributed by atoms with Gasteiger partial charge in [0.2, 0.25) is 5.95 Å². The van der Waals surface area contributed by atoms with E-state index in [1.165, 1.54) is 0 Å². The second-order valence-corrected chi connectivity index (χ2v) is 5.72. The molecule has 2 aromatic heterocycles. The van der Waals surface area contributed by atoms with Crippen LogP contribution in [0.5, 0.6) is 0 Å². The highest BCUT2D eigenvalue weighted by Gasteiger charge is 2.24. The number of nitrogens with one attached hydrogen (secondary N) is 1. The zero-order valence-corrected chi connectivity index (χ0v) is 13.2. The van der Waals surface area contributed by atoms with Crippen molar-refractivity contribution in [3.8, 4) is 0 Å². The van der Waals surface area contributed by atoms with Gasteiger partial charge in [0.1, 0.15) is 5.76 Å². The van der Waals surface area contributed by atoms with Gasteiger partial charge in [0, 0.05) is 38.6 Å². The van der Waals surface area contributed by atoms with Crippen LogP contribution in [0.3, 0.4) is 0 Å². The predicted octanol–water partition coefficient (Wildman–Crippen LogP) is 1.88. The number of anilines is 1. The largest absolute Gasteiger partial charge is 0.467 e. The van der Waals surface area contributed by atoms with Crippen molar-refractivity contribution >= 4 is 12.0 Å². The number of hydrogen-bond acceptors (Lipinski definition) is 5. The number of aromatic nitrogens is 2. The molecular weight excluding hydrogens is 294 g/mol.